The van der Waals surface area contributed by atoms with Crippen LogP contribution in [0, 0.1) is 17.7 Å². The van der Waals surface area contributed by atoms with Gasteiger partial charge in [-0.05, 0) is 60.6 Å². The zero-order valence-electron chi connectivity index (χ0n) is 18.9. The third-order valence-corrected chi connectivity index (χ3v) is 6.64. The second-order valence-corrected chi connectivity index (χ2v) is 9.31. The number of hydrogen-bond donors (Lipinski definition) is 1. The molecule has 3 aromatic rings. The molecular formula is C25H28FN5O2. The maximum atomic E-state index is 15.2. The molecule has 1 saturated heterocycles. The van der Waals surface area contributed by atoms with Crippen molar-refractivity contribution < 1.29 is 9.18 Å². The number of nitrogens with zero attached hydrogens (tertiary/aromatic N) is 4. The van der Waals surface area contributed by atoms with E-state index in [-0.39, 0.29) is 23.4 Å². The van der Waals surface area contributed by atoms with Crippen molar-refractivity contribution in [3.05, 3.63) is 64.6 Å². The minimum absolute atomic E-state index is 0.182. The normalized spacial score (nSPS) is 18.0. The van der Waals surface area contributed by atoms with Crippen LogP contribution in [0.2, 0.25) is 0 Å². The smallest absolute Gasteiger partial charge is 0.348 e. The number of H-pyrrole nitrogens is 1. The first kappa shape index (κ1) is 21.4. The molecule has 8 heteroatoms. The summed E-state index contributed by atoms with van der Waals surface area (Å²) in [5.41, 5.74) is 2.42. The van der Waals surface area contributed by atoms with Crippen molar-refractivity contribution in [3.8, 4) is 16.8 Å². The number of aromatic amines is 1. The number of nitrogens with one attached hydrogen (secondary N) is 1. The average Bonchev–Trinajstić information content (AvgIpc) is 3.46. The Hall–Kier alpha value is -3.42. The molecule has 0 unspecified atom stereocenters. The predicted octanol–water partition coefficient (Wildman–Crippen LogP) is 3.23. The molecule has 2 heterocycles. The summed E-state index contributed by atoms with van der Waals surface area (Å²) < 4.78 is 16.5. The third kappa shape index (κ3) is 4.29. The molecule has 172 valence electrons. The van der Waals surface area contributed by atoms with Gasteiger partial charge in [0.2, 0.25) is 5.91 Å². The Labute approximate surface area is 191 Å². The number of rotatable bonds is 6. The largest absolute Gasteiger partial charge is 0.378 e. The monoisotopic (exact) mass is 449 g/mol. The fourth-order valence-corrected chi connectivity index (χ4v) is 4.58. The van der Waals surface area contributed by atoms with E-state index >= 15 is 4.39 Å². The molecule has 1 aliphatic heterocycles. The van der Waals surface area contributed by atoms with Crippen LogP contribution in [0.5, 0.6) is 0 Å². The minimum Gasteiger partial charge on any atom is -0.378 e. The Kier molecular flexibility index (Phi) is 5.52. The van der Waals surface area contributed by atoms with Crippen LogP contribution in [-0.4, -0.2) is 52.8 Å². The molecule has 7 nitrogen and oxygen atoms in total. The number of likely N-dealkylation sites (tertiary alicyclic amines) is 1. The third-order valence-electron chi connectivity index (χ3n) is 6.64. The molecule has 0 bridgehead atoms. The molecule has 1 atom stereocenters. The molecule has 1 amide bonds. The number of benzene rings is 2. The van der Waals surface area contributed by atoms with Crippen molar-refractivity contribution in [1.29, 1.82) is 0 Å². The highest BCUT2D eigenvalue weighted by atomic mass is 19.1. The molecule has 1 aromatic heterocycles. The Morgan fingerprint density at radius 3 is 2.52 bits per heavy atom. The molecule has 2 fully saturated rings. The number of amides is 1. The zero-order valence-corrected chi connectivity index (χ0v) is 18.9. The van der Waals surface area contributed by atoms with E-state index in [1.807, 2.05) is 54.2 Å². The highest BCUT2D eigenvalue weighted by molar-refractivity contribution is 5.81. The first-order valence-corrected chi connectivity index (χ1v) is 11.4. The van der Waals surface area contributed by atoms with Crippen LogP contribution in [0.25, 0.3) is 16.8 Å². The number of anilines is 1. The van der Waals surface area contributed by atoms with Gasteiger partial charge in [-0.1, -0.05) is 18.2 Å². The first-order chi connectivity index (χ1) is 15.9. The van der Waals surface area contributed by atoms with Gasteiger partial charge in [0.25, 0.3) is 0 Å². The van der Waals surface area contributed by atoms with Gasteiger partial charge in [0.1, 0.15) is 11.6 Å². The second kappa shape index (κ2) is 8.50. The zero-order chi connectivity index (χ0) is 23.1. The van der Waals surface area contributed by atoms with Gasteiger partial charge in [0.05, 0.1) is 5.69 Å². The van der Waals surface area contributed by atoms with E-state index in [9.17, 15) is 9.59 Å². The van der Waals surface area contributed by atoms with Gasteiger partial charge in [0.15, 0.2) is 0 Å². The number of carbonyl (C=O) groups is 1. The predicted molar refractivity (Wildman–Crippen MR) is 125 cm³/mol. The highest BCUT2D eigenvalue weighted by Gasteiger charge is 2.37. The summed E-state index contributed by atoms with van der Waals surface area (Å²) in [5, 5.41) is 6.64. The highest BCUT2D eigenvalue weighted by Crippen LogP contribution is 2.33. The van der Waals surface area contributed by atoms with Gasteiger partial charge in [-0.2, -0.15) is 5.10 Å². The molecule has 0 radical (unpaired) electrons. The number of carbonyl (C=O) groups excluding carboxylic acids is 1. The summed E-state index contributed by atoms with van der Waals surface area (Å²) in [5.74, 6) is 0.675. The van der Waals surface area contributed by atoms with E-state index in [0.29, 0.717) is 18.8 Å². The van der Waals surface area contributed by atoms with Crippen LogP contribution in [0.15, 0.2) is 47.3 Å². The molecule has 33 heavy (non-hydrogen) atoms. The van der Waals surface area contributed by atoms with E-state index in [1.54, 1.807) is 6.07 Å². The van der Waals surface area contributed by atoms with Gasteiger partial charge < -0.3 is 9.80 Å². The molecule has 2 aromatic carbocycles. The number of hydrogen-bond acceptors (Lipinski definition) is 4. The molecule has 1 saturated carbocycles. The Morgan fingerprint density at radius 2 is 1.85 bits per heavy atom. The molecular weight excluding hydrogens is 421 g/mol. The quantitative estimate of drug-likeness (QED) is 0.627. The van der Waals surface area contributed by atoms with Gasteiger partial charge in [-0.25, -0.2) is 18.9 Å². The lowest BCUT2D eigenvalue weighted by Crippen LogP contribution is -2.30. The first-order valence-electron chi connectivity index (χ1n) is 11.4. The Morgan fingerprint density at radius 1 is 1.12 bits per heavy atom. The van der Waals surface area contributed by atoms with Crippen molar-refractivity contribution in [1.82, 2.24) is 19.7 Å². The second-order valence-electron chi connectivity index (χ2n) is 9.31. The van der Waals surface area contributed by atoms with Crippen molar-refractivity contribution >= 4 is 11.6 Å². The molecule has 2 aliphatic rings. The van der Waals surface area contributed by atoms with E-state index in [0.717, 1.165) is 42.6 Å². The fraction of sp³-hybridized carbons (Fsp3) is 0.400. The van der Waals surface area contributed by atoms with Gasteiger partial charge >= 0.3 is 5.69 Å². The summed E-state index contributed by atoms with van der Waals surface area (Å²) in [6.07, 6.45) is 3.37. The van der Waals surface area contributed by atoms with Crippen molar-refractivity contribution in [2.45, 2.75) is 25.7 Å². The summed E-state index contributed by atoms with van der Waals surface area (Å²) in [6.45, 7) is 1.41. The van der Waals surface area contributed by atoms with Crippen LogP contribution in [-0.2, 0) is 11.2 Å². The van der Waals surface area contributed by atoms with Crippen LogP contribution >= 0.6 is 0 Å². The Balaban J connectivity index is 1.36. The van der Waals surface area contributed by atoms with Crippen LogP contribution in [0.1, 0.15) is 25.1 Å². The lowest BCUT2D eigenvalue weighted by molar-refractivity contribution is -0.131. The fourth-order valence-electron chi connectivity index (χ4n) is 4.58. The number of aromatic nitrogens is 3. The SMILES string of the molecule is CN(C)c1ccc(-c2ccc(-n3c(C[C@@H]4CCN(C(=O)C5CC5)C4)n[nH]c3=O)c(F)c2)cc1. The summed E-state index contributed by atoms with van der Waals surface area (Å²) in [4.78, 5) is 28.8. The van der Waals surface area contributed by atoms with Gasteiger partial charge in [-0.3, -0.25) is 4.79 Å². The summed E-state index contributed by atoms with van der Waals surface area (Å²) in [6, 6.07) is 12.8. The maximum Gasteiger partial charge on any atom is 0.348 e. The minimum atomic E-state index is -0.481. The topological polar surface area (TPSA) is 74.2 Å². The molecule has 1 aliphatic carbocycles. The molecule has 0 spiro atoms. The van der Waals surface area contributed by atoms with Crippen molar-refractivity contribution in [3.63, 3.8) is 0 Å². The van der Waals surface area contributed by atoms with Gasteiger partial charge in [0, 0.05) is 45.2 Å². The van der Waals surface area contributed by atoms with E-state index < -0.39 is 11.5 Å². The van der Waals surface area contributed by atoms with Crippen LogP contribution < -0.4 is 10.6 Å². The van der Waals surface area contributed by atoms with Crippen LogP contribution in [0.3, 0.4) is 0 Å². The molecule has 5 rings (SSSR count). The maximum absolute atomic E-state index is 15.2. The van der Waals surface area contributed by atoms with E-state index in [4.69, 9.17) is 0 Å². The summed E-state index contributed by atoms with van der Waals surface area (Å²) >= 11 is 0. The van der Waals surface area contributed by atoms with E-state index in [2.05, 4.69) is 10.2 Å². The van der Waals surface area contributed by atoms with E-state index in [1.165, 1.54) is 10.6 Å². The van der Waals surface area contributed by atoms with Crippen LogP contribution in [0.4, 0.5) is 10.1 Å². The standard InChI is InChI=1S/C25H28FN5O2/c1-29(2)20-8-5-17(6-9-20)19-7-10-22(21(26)14-19)31-23(27-28-25(31)33)13-16-11-12-30(15-16)24(32)18-3-4-18/h5-10,14,16,18H,3-4,11-13,15H2,1-2H3,(H,28,33)/t16-/m0/s1. The summed E-state index contributed by atoms with van der Waals surface area (Å²) in [7, 11) is 3.94. The lowest BCUT2D eigenvalue weighted by atomic mass is 10.0. The van der Waals surface area contributed by atoms with Crippen molar-refractivity contribution in [2.24, 2.45) is 11.8 Å². The Bertz CT molecular complexity index is 1230. The lowest BCUT2D eigenvalue weighted by Gasteiger charge is -2.16. The number of halogens is 1. The average molecular weight is 450 g/mol. The molecule has 1 N–H and O–H groups in total. The van der Waals surface area contributed by atoms with Gasteiger partial charge in [-0.15, -0.1) is 0 Å². The van der Waals surface area contributed by atoms with Crippen molar-refractivity contribution in [2.75, 3.05) is 32.1 Å².